The van der Waals surface area contributed by atoms with Gasteiger partial charge in [-0.15, -0.1) is 0 Å². The van der Waals surface area contributed by atoms with Crippen LogP contribution >= 0.6 is 0 Å². The summed E-state index contributed by atoms with van der Waals surface area (Å²) in [5.74, 6) is 4.12. The van der Waals surface area contributed by atoms with Crippen LogP contribution in [0.1, 0.15) is 74.0 Å². The van der Waals surface area contributed by atoms with E-state index in [0.717, 1.165) is 75.5 Å². The maximum atomic E-state index is 14.0. The zero-order valence-electron chi connectivity index (χ0n) is 20.2. The fraction of sp³-hybridized carbons (Fsp3) is 0.667. The molecule has 5 saturated carbocycles. The normalized spacial score (nSPS) is 32.9. The van der Waals surface area contributed by atoms with Crippen molar-refractivity contribution in [3.63, 3.8) is 0 Å². The molecule has 2 amide bonds. The molecule has 184 valence electrons. The van der Waals surface area contributed by atoms with Gasteiger partial charge in [0.05, 0.1) is 7.11 Å². The van der Waals surface area contributed by atoms with Crippen molar-refractivity contribution >= 4 is 6.03 Å². The van der Waals surface area contributed by atoms with Crippen LogP contribution in [0.5, 0.6) is 5.75 Å². The number of halogens is 1. The first-order valence-electron chi connectivity index (χ1n) is 13.2. The molecule has 1 spiro atoms. The predicted octanol–water partition coefficient (Wildman–Crippen LogP) is 4.18. The molecule has 0 radical (unpaired) electrons. The van der Waals surface area contributed by atoms with E-state index in [0.29, 0.717) is 34.3 Å². The zero-order chi connectivity index (χ0) is 23.6. The van der Waals surface area contributed by atoms with Crippen LogP contribution in [0.15, 0.2) is 18.2 Å². The van der Waals surface area contributed by atoms with Crippen molar-refractivity contribution in [1.82, 2.24) is 25.0 Å². The van der Waals surface area contributed by atoms with E-state index >= 15 is 0 Å². The summed E-state index contributed by atoms with van der Waals surface area (Å²) in [7, 11) is 1.59. The topological polar surface area (TPSA) is 74.3 Å². The summed E-state index contributed by atoms with van der Waals surface area (Å²) in [5, 5.41) is 7.60. The fourth-order valence-corrected chi connectivity index (χ4v) is 8.15. The maximum Gasteiger partial charge on any atom is 0.320 e. The number of H-pyrrole nitrogens is 1. The number of ether oxygens (including phenoxy) is 1. The van der Waals surface area contributed by atoms with Crippen molar-refractivity contribution in [2.45, 2.75) is 62.2 Å². The molecule has 7 aliphatic rings. The summed E-state index contributed by atoms with van der Waals surface area (Å²) in [6, 6.07) is 5.35. The van der Waals surface area contributed by atoms with Gasteiger partial charge in [0.25, 0.3) is 0 Å². The van der Waals surface area contributed by atoms with Gasteiger partial charge >= 0.3 is 6.03 Å². The Bertz CT molecular complexity index is 1200. The van der Waals surface area contributed by atoms with Crippen molar-refractivity contribution in [2.24, 2.45) is 16.7 Å². The minimum atomic E-state index is -0.215. The van der Waals surface area contributed by atoms with Gasteiger partial charge in [-0.1, -0.05) is 0 Å². The molecule has 0 unspecified atom stereocenters. The highest BCUT2D eigenvalue weighted by Gasteiger charge is 2.72. The van der Waals surface area contributed by atoms with E-state index in [1.165, 1.54) is 18.9 Å². The van der Waals surface area contributed by atoms with Crippen LogP contribution in [0.25, 0.3) is 0 Å². The molecule has 7 fully saturated rings. The highest BCUT2D eigenvalue weighted by atomic mass is 19.1. The molecule has 1 N–H and O–H groups in total. The van der Waals surface area contributed by atoms with Gasteiger partial charge in [-0.25, -0.2) is 14.2 Å². The number of urea groups is 1. The molecular formula is C27H32FN5O2. The monoisotopic (exact) mass is 477 g/mol. The van der Waals surface area contributed by atoms with Gasteiger partial charge in [0, 0.05) is 49.5 Å². The second-order valence-electron chi connectivity index (χ2n) is 12.8. The smallest absolute Gasteiger partial charge is 0.320 e. The number of aromatic nitrogens is 3. The number of benzene rings is 1. The number of aromatic amines is 1. The van der Waals surface area contributed by atoms with Crippen LogP contribution in [-0.4, -0.2) is 64.3 Å². The largest absolute Gasteiger partial charge is 0.497 e. The summed E-state index contributed by atoms with van der Waals surface area (Å²) in [5.41, 5.74) is 1.88. The van der Waals surface area contributed by atoms with Crippen LogP contribution in [0.4, 0.5) is 9.18 Å². The van der Waals surface area contributed by atoms with Gasteiger partial charge in [-0.05, 0) is 79.4 Å². The van der Waals surface area contributed by atoms with Crippen molar-refractivity contribution in [2.75, 3.05) is 33.3 Å². The first kappa shape index (κ1) is 20.5. The number of rotatable bonds is 5. The van der Waals surface area contributed by atoms with Crippen molar-refractivity contribution in [1.29, 1.82) is 0 Å². The second-order valence-corrected chi connectivity index (χ2v) is 12.8. The third-order valence-electron chi connectivity index (χ3n) is 10.3. The molecule has 2 aromatic rings. The highest BCUT2D eigenvalue weighted by molar-refractivity contribution is 5.76. The van der Waals surface area contributed by atoms with Gasteiger partial charge in [0.1, 0.15) is 17.4 Å². The summed E-state index contributed by atoms with van der Waals surface area (Å²) in [4.78, 5) is 21.8. The Hall–Kier alpha value is -2.64. The summed E-state index contributed by atoms with van der Waals surface area (Å²) >= 11 is 0. The number of amides is 2. The Morgan fingerprint density at radius 2 is 1.83 bits per heavy atom. The van der Waals surface area contributed by atoms with E-state index in [4.69, 9.17) is 9.72 Å². The number of carbonyl (C=O) groups excluding carboxylic acids is 1. The average molecular weight is 478 g/mol. The molecule has 2 bridgehead atoms. The lowest BCUT2D eigenvalue weighted by atomic mass is 9.30. The third kappa shape index (κ3) is 2.85. The van der Waals surface area contributed by atoms with E-state index in [1.807, 2.05) is 15.9 Å². The lowest BCUT2D eigenvalue weighted by Gasteiger charge is -2.76. The highest BCUT2D eigenvalue weighted by Crippen LogP contribution is 2.77. The molecule has 8 heteroatoms. The van der Waals surface area contributed by atoms with E-state index < -0.39 is 0 Å². The van der Waals surface area contributed by atoms with E-state index in [9.17, 15) is 9.18 Å². The van der Waals surface area contributed by atoms with Crippen LogP contribution in [0.2, 0.25) is 0 Å². The first-order chi connectivity index (χ1) is 16.9. The summed E-state index contributed by atoms with van der Waals surface area (Å²) in [6.45, 7) is 3.54. The quantitative estimate of drug-likeness (QED) is 0.701. The minimum absolute atomic E-state index is 0.132. The maximum absolute atomic E-state index is 14.0. The average Bonchev–Trinajstić information content (AvgIpc) is 3.43. The number of methoxy groups -OCH3 is 1. The number of carbonyl (C=O) groups is 1. The van der Waals surface area contributed by atoms with Crippen LogP contribution in [0.3, 0.4) is 0 Å². The Kier molecular flexibility index (Phi) is 3.85. The lowest BCUT2D eigenvalue weighted by Crippen LogP contribution is -2.74. The Labute approximate surface area is 204 Å². The molecule has 2 saturated heterocycles. The van der Waals surface area contributed by atoms with Gasteiger partial charge < -0.3 is 14.5 Å². The first-order valence-corrected chi connectivity index (χ1v) is 13.2. The Morgan fingerprint density at radius 3 is 2.51 bits per heavy atom. The van der Waals surface area contributed by atoms with Crippen LogP contribution in [0, 0.1) is 22.6 Å². The summed E-state index contributed by atoms with van der Waals surface area (Å²) < 4.78 is 19.3. The molecule has 35 heavy (non-hydrogen) atoms. The van der Waals surface area contributed by atoms with E-state index in [2.05, 4.69) is 10.2 Å². The minimum Gasteiger partial charge on any atom is -0.497 e. The molecule has 7 nitrogen and oxygen atoms in total. The molecule has 5 aliphatic carbocycles. The van der Waals surface area contributed by atoms with Crippen LogP contribution in [-0.2, 0) is 5.41 Å². The van der Waals surface area contributed by atoms with Crippen LogP contribution < -0.4 is 4.74 Å². The standard InChI is InChI=1S/C27H32FN5O2/c1-35-21-5-18(4-20(28)6-21)26-11-27(12-26,13-26)19-9-32(10-19)24(34)33-14-25(15-33)7-17(8-25)23-29-22(30-31-23)16-2-3-16/h4-6,16-17,19H,2-3,7-15H2,1H3,(H,29,30,31). The summed E-state index contributed by atoms with van der Waals surface area (Å²) in [6.07, 6.45) is 8.06. The molecule has 2 aliphatic heterocycles. The molecule has 0 atom stereocenters. The van der Waals surface area contributed by atoms with Crippen molar-refractivity contribution < 1.29 is 13.9 Å². The number of nitrogens with one attached hydrogen (secondary N) is 1. The SMILES string of the molecule is COc1cc(F)cc(C23CC(C4CN(C(=O)N5CC6(CC(c7n[nH]c(C8CC8)n7)C6)C5)C4)(C2)C3)c1. The molecule has 3 heterocycles. The van der Waals surface area contributed by atoms with Gasteiger partial charge in [0.15, 0.2) is 5.82 Å². The third-order valence-corrected chi connectivity index (χ3v) is 10.3. The predicted molar refractivity (Wildman–Crippen MR) is 126 cm³/mol. The van der Waals surface area contributed by atoms with Gasteiger partial charge in [0.2, 0.25) is 0 Å². The molecule has 9 rings (SSSR count). The van der Waals surface area contributed by atoms with E-state index in [1.54, 1.807) is 13.2 Å². The number of hydrogen-bond acceptors (Lipinski definition) is 4. The number of hydrogen-bond donors (Lipinski definition) is 1. The lowest BCUT2D eigenvalue weighted by molar-refractivity contribution is -0.208. The molecule has 1 aromatic heterocycles. The Balaban J connectivity index is 0.817. The molecule has 1 aromatic carbocycles. The fourth-order valence-electron chi connectivity index (χ4n) is 8.15. The number of nitrogens with zero attached hydrogens (tertiary/aromatic N) is 4. The van der Waals surface area contributed by atoms with Crippen molar-refractivity contribution in [3.05, 3.63) is 41.2 Å². The van der Waals surface area contributed by atoms with Gasteiger partial charge in [-0.2, -0.15) is 5.10 Å². The second kappa shape index (κ2) is 6.56. The zero-order valence-corrected chi connectivity index (χ0v) is 20.2. The molecular weight excluding hydrogens is 445 g/mol. The van der Waals surface area contributed by atoms with E-state index in [-0.39, 0.29) is 17.3 Å². The van der Waals surface area contributed by atoms with Gasteiger partial charge in [-0.3, -0.25) is 5.10 Å². The van der Waals surface area contributed by atoms with Crippen molar-refractivity contribution in [3.8, 4) is 5.75 Å². The Morgan fingerprint density at radius 1 is 1.09 bits per heavy atom. The number of likely N-dealkylation sites (tertiary alicyclic amines) is 2.